The van der Waals surface area contributed by atoms with E-state index in [1.807, 2.05) is 5.38 Å². The fourth-order valence-electron chi connectivity index (χ4n) is 3.97. The fourth-order valence-corrected chi connectivity index (χ4v) is 5.18. The van der Waals surface area contributed by atoms with Crippen LogP contribution in [0, 0.1) is 5.92 Å². The van der Waals surface area contributed by atoms with Crippen LogP contribution < -0.4 is 5.73 Å². The fraction of sp³-hybridized carbons (Fsp3) is 0.733. The number of hydrogen-bond donors (Lipinski definition) is 1. The molecule has 0 aromatic carbocycles. The van der Waals surface area contributed by atoms with Gasteiger partial charge in [0.2, 0.25) is 0 Å². The molecule has 0 spiro atoms. The number of nitrogens with two attached hydrogens (primary N) is 1. The van der Waals surface area contributed by atoms with Crippen molar-refractivity contribution in [3.8, 4) is 0 Å². The topological polar surface area (TPSA) is 29.3 Å². The maximum Gasteiger partial charge on any atom is 0.0567 e. The van der Waals surface area contributed by atoms with Crippen LogP contribution in [-0.2, 0) is 0 Å². The summed E-state index contributed by atoms with van der Waals surface area (Å²) in [5.74, 6) is 0.909. The number of fused-ring (bicyclic) bond motifs is 1. The van der Waals surface area contributed by atoms with Gasteiger partial charge in [-0.1, -0.05) is 24.4 Å². The van der Waals surface area contributed by atoms with Gasteiger partial charge in [0.1, 0.15) is 0 Å². The lowest BCUT2D eigenvalue weighted by Gasteiger charge is -2.47. The Morgan fingerprint density at radius 3 is 2.84 bits per heavy atom. The number of halogens is 1. The van der Waals surface area contributed by atoms with E-state index < -0.39 is 0 Å². The molecular formula is C15H23ClN2S. The van der Waals surface area contributed by atoms with Crippen molar-refractivity contribution in [3.05, 3.63) is 21.3 Å². The second kappa shape index (κ2) is 6.13. The van der Waals surface area contributed by atoms with Crippen molar-refractivity contribution in [1.29, 1.82) is 0 Å². The van der Waals surface area contributed by atoms with Crippen LogP contribution in [0.5, 0.6) is 0 Å². The predicted molar refractivity (Wildman–Crippen MR) is 82.8 cm³/mol. The van der Waals surface area contributed by atoms with Crippen LogP contribution in [-0.4, -0.2) is 24.0 Å². The minimum absolute atomic E-state index is 0.378. The second-order valence-corrected chi connectivity index (χ2v) is 7.29. The summed E-state index contributed by atoms with van der Waals surface area (Å²) in [4.78, 5) is 4.04. The molecule has 0 bridgehead atoms. The molecule has 2 aliphatic rings. The van der Waals surface area contributed by atoms with Crippen LogP contribution >= 0.6 is 22.9 Å². The molecule has 0 amide bonds. The van der Waals surface area contributed by atoms with Gasteiger partial charge < -0.3 is 5.73 Å². The van der Waals surface area contributed by atoms with Crippen LogP contribution in [0.3, 0.4) is 0 Å². The molecule has 19 heavy (non-hydrogen) atoms. The number of nitrogens with zero attached hydrogens (tertiary/aromatic N) is 1. The van der Waals surface area contributed by atoms with Gasteiger partial charge in [-0.2, -0.15) is 0 Å². The predicted octanol–water partition coefficient (Wildman–Crippen LogP) is 4.06. The smallest absolute Gasteiger partial charge is 0.0567 e. The third-order valence-corrected chi connectivity index (χ3v) is 6.21. The van der Waals surface area contributed by atoms with Gasteiger partial charge in [0.15, 0.2) is 0 Å². The highest BCUT2D eigenvalue weighted by Crippen LogP contribution is 2.40. The van der Waals surface area contributed by atoms with E-state index in [1.54, 1.807) is 11.3 Å². The van der Waals surface area contributed by atoms with E-state index in [4.69, 9.17) is 17.3 Å². The van der Waals surface area contributed by atoms with Gasteiger partial charge in [0.25, 0.3) is 0 Å². The molecular weight excluding hydrogens is 276 g/mol. The zero-order chi connectivity index (χ0) is 13.2. The molecule has 1 aromatic heterocycles. The molecule has 1 unspecified atom stereocenters. The average Bonchev–Trinajstić information content (AvgIpc) is 2.86. The monoisotopic (exact) mass is 298 g/mol. The molecule has 106 valence electrons. The van der Waals surface area contributed by atoms with Crippen LogP contribution in [0.1, 0.15) is 49.4 Å². The first-order valence-corrected chi connectivity index (χ1v) is 8.75. The Kier molecular flexibility index (Phi) is 4.47. The maximum absolute atomic E-state index is 6.09. The molecule has 4 heteroatoms. The van der Waals surface area contributed by atoms with Crippen molar-refractivity contribution in [3.63, 3.8) is 0 Å². The molecule has 3 rings (SSSR count). The highest BCUT2D eigenvalue weighted by Gasteiger charge is 2.36. The Labute approximate surface area is 124 Å². The molecule has 2 N–H and O–H groups in total. The first-order chi connectivity index (χ1) is 9.29. The van der Waals surface area contributed by atoms with Gasteiger partial charge in [0, 0.05) is 22.8 Å². The molecule has 2 heterocycles. The zero-order valence-electron chi connectivity index (χ0n) is 11.4. The van der Waals surface area contributed by atoms with E-state index in [1.165, 1.54) is 49.9 Å². The minimum Gasteiger partial charge on any atom is -0.329 e. The second-order valence-electron chi connectivity index (χ2n) is 5.91. The molecule has 1 saturated carbocycles. The largest absolute Gasteiger partial charge is 0.329 e. The highest BCUT2D eigenvalue weighted by atomic mass is 35.5. The van der Waals surface area contributed by atoms with Crippen LogP contribution in [0.4, 0.5) is 0 Å². The van der Waals surface area contributed by atoms with Gasteiger partial charge in [0.05, 0.1) is 11.1 Å². The molecule has 0 radical (unpaired) electrons. The summed E-state index contributed by atoms with van der Waals surface area (Å²) in [5.41, 5.74) is 6.09. The zero-order valence-corrected chi connectivity index (χ0v) is 12.9. The average molecular weight is 299 g/mol. The number of rotatable bonds is 3. The molecule has 1 aliphatic heterocycles. The highest BCUT2D eigenvalue weighted by molar-refractivity contribution is 7.10. The molecule has 1 aliphatic carbocycles. The Hall–Kier alpha value is -0.0900. The summed E-state index contributed by atoms with van der Waals surface area (Å²) in [6.07, 6.45) is 8.34. The van der Waals surface area contributed by atoms with Crippen LogP contribution in [0.2, 0.25) is 5.02 Å². The lowest BCUT2D eigenvalue weighted by Crippen LogP contribution is -2.49. The Morgan fingerprint density at radius 2 is 2.11 bits per heavy atom. The first-order valence-electron chi connectivity index (χ1n) is 7.49. The van der Waals surface area contributed by atoms with Gasteiger partial charge >= 0.3 is 0 Å². The van der Waals surface area contributed by atoms with Crippen molar-refractivity contribution < 1.29 is 0 Å². The molecule has 1 saturated heterocycles. The lowest BCUT2D eigenvalue weighted by atomic mass is 9.77. The maximum atomic E-state index is 6.09. The quantitative estimate of drug-likeness (QED) is 0.912. The summed E-state index contributed by atoms with van der Waals surface area (Å²) < 4.78 is 0. The summed E-state index contributed by atoms with van der Waals surface area (Å²) in [7, 11) is 0. The SMILES string of the molecule is NCC(c1cc(Cl)cs1)N1CCC[C@H]2CCCC[C@H]21. The van der Waals surface area contributed by atoms with E-state index in [-0.39, 0.29) is 0 Å². The van der Waals surface area contributed by atoms with Gasteiger partial charge in [-0.15, -0.1) is 11.3 Å². The lowest BCUT2D eigenvalue weighted by molar-refractivity contribution is 0.0287. The van der Waals surface area contributed by atoms with E-state index in [2.05, 4.69) is 11.0 Å². The Bertz CT molecular complexity index is 418. The van der Waals surface area contributed by atoms with Crippen molar-refractivity contribution >= 4 is 22.9 Å². The number of piperidine rings is 1. The third kappa shape index (κ3) is 2.85. The van der Waals surface area contributed by atoms with Crippen LogP contribution in [0.25, 0.3) is 0 Å². The van der Waals surface area contributed by atoms with Crippen molar-refractivity contribution in [2.24, 2.45) is 11.7 Å². The molecule has 1 aromatic rings. The van der Waals surface area contributed by atoms with Gasteiger partial charge in [-0.05, 0) is 44.2 Å². The summed E-state index contributed by atoms with van der Waals surface area (Å²) in [6.45, 7) is 1.92. The molecule has 2 fully saturated rings. The number of thiophene rings is 1. The summed E-state index contributed by atoms with van der Waals surface area (Å²) in [6, 6.07) is 3.25. The number of likely N-dealkylation sites (tertiary alicyclic amines) is 1. The number of hydrogen-bond acceptors (Lipinski definition) is 3. The van der Waals surface area contributed by atoms with Crippen molar-refractivity contribution in [1.82, 2.24) is 4.90 Å². The first kappa shape index (κ1) is 13.9. The van der Waals surface area contributed by atoms with Crippen molar-refractivity contribution in [2.45, 2.75) is 50.6 Å². The van der Waals surface area contributed by atoms with Gasteiger partial charge in [-0.3, -0.25) is 4.90 Å². The standard InChI is InChI=1S/C15H23ClN2S/c16-12-8-15(19-10-12)14(9-17)18-7-3-5-11-4-1-2-6-13(11)18/h8,10-11,13-14H,1-7,9,17H2/t11-,13-,14?/m1/s1. The van der Waals surface area contributed by atoms with Crippen molar-refractivity contribution in [2.75, 3.05) is 13.1 Å². The molecule has 3 atom stereocenters. The van der Waals surface area contributed by atoms with Gasteiger partial charge in [-0.25, -0.2) is 0 Å². The molecule has 2 nitrogen and oxygen atoms in total. The van der Waals surface area contributed by atoms with E-state index >= 15 is 0 Å². The minimum atomic E-state index is 0.378. The third-order valence-electron chi connectivity index (χ3n) is 4.83. The normalized spacial score (nSPS) is 30.0. The summed E-state index contributed by atoms with van der Waals surface area (Å²) in [5, 5.41) is 2.89. The summed E-state index contributed by atoms with van der Waals surface area (Å²) >= 11 is 7.85. The van der Waals surface area contributed by atoms with Crippen LogP contribution in [0.15, 0.2) is 11.4 Å². The van der Waals surface area contributed by atoms with E-state index in [0.717, 1.165) is 17.0 Å². The Balaban J connectivity index is 1.81. The van der Waals surface area contributed by atoms with E-state index in [9.17, 15) is 0 Å². The Morgan fingerprint density at radius 1 is 1.32 bits per heavy atom. The van der Waals surface area contributed by atoms with E-state index in [0.29, 0.717) is 12.6 Å².